The van der Waals surface area contributed by atoms with Crippen LogP contribution in [0.5, 0.6) is 0 Å². The Morgan fingerprint density at radius 1 is 1.21 bits per heavy atom. The topological polar surface area (TPSA) is 56.5 Å². The Hall–Kier alpha value is -1.59. The van der Waals surface area contributed by atoms with Crippen molar-refractivity contribution in [2.45, 2.75) is 0 Å². The number of ketones is 1. The summed E-state index contributed by atoms with van der Waals surface area (Å²) >= 11 is 9.22. The summed E-state index contributed by atoms with van der Waals surface area (Å²) in [5.41, 5.74) is 0.293. The maximum atomic E-state index is 12.2. The first kappa shape index (κ1) is 13.8. The van der Waals surface area contributed by atoms with Gasteiger partial charge in [-0.2, -0.15) is 0 Å². The summed E-state index contributed by atoms with van der Waals surface area (Å²) in [6.45, 7) is 0. The molecule has 0 aliphatic rings. The van der Waals surface area contributed by atoms with Gasteiger partial charge in [-0.05, 0) is 30.3 Å². The van der Waals surface area contributed by atoms with E-state index in [0.29, 0.717) is 10.6 Å². The predicted molar refractivity (Wildman–Crippen MR) is 72.6 cm³/mol. The molecular weight excluding hydrogens is 335 g/mol. The molecule has 1 aromatic carbocycles. The van der Waals surface area contributed by atoms with E-state index in [0.717, 1.165) is 4.47 Å². The highest BCUT2D eigenvalue weighted by Gasteiger charge is 2.19. The number of carbonyl (C=O) groups excluding carboxylic acids is 2. The number of hydrogen-bond acceptors (Lipinski definition) is 4. The molecule has 0 N–H and O–H groups in total. The molecule has 0 bridgehead atoms. The minimum absolute atomic E-state index is 0.0281. The first-order valence-corrected chi connectivity index (χ1v) is 6.38. The van der Waals surface area contributed by atoms with Gasteiger partial charge in [0.1, 0.15) is 0 Å². The molecule has 1 heterocycles. The molecule has 0 saturated carbocycles. The van der Waals surface area contributed by atoms with Crippen LogP contribution in [-0.4, -0.2) is 18.9 Å². The number of carbonyl (C=O) groups is 2. The van der Waals surface area contributed by atoms with Crippen LogP contribution in [0.3, 0.4) is 0 Å². The van der Waals surface area contributed by atoms with Gasteiger partial charge in [0, 0.05) is 10.0 Å². The molecule has 0 radical (unpaired) electrons. The smallest absolute Gasteiger partial charge is 0.373 e. The van der Waals surface area contributed by atoms with Crippen molar-refractivity contribution >= 4 is 39.3 Å². The van der Waals surface area contributed by atoms with Gasteiger partial charge in [0.2, 0.25) is 11.5 Å². The number of benzene rings is 1. The first-order chi connectivity index (χ1) is 9.02. The van der Waals surface area contributed by atoms with Crippen LogP contribution < -0.4 is 0 Å². The van der Waals surface area contributed by atoms with Gasteiger partial charge in [-0.1, -0.05) is 27.5 Å². The zero-order chi connectivity index (χ0) is 14.0. The third kappa shape index (κ3) is 2.88. The molecular formula is C13H8BrClO4. The van der Waals surface area contributed by atoms with Crippen molar-refractivity contribution in [2.24, 2.45) is 0 Å². The van der Waals surface area contributed by atoms with Crippen LogP contribution in [0, 0.1) is 0 Å². The van der Waals surface area contributed by atoms with Gasteiger partial charge in [0.15, 0.2) is 5.76 Å². The molecule has 2 rings (SSSR count). The lowest BCUT2D eigenvalue weighted by molar-refractivity contribution is 0.0563. The second-order valence-electron chi connectivity index (χ2n) is 3.61. The van der Waals surface area contributed by atoms with Crippen molar-refractivity contribution in [1.29, 1.82) is 0 Å². The Balaban J connectivity index is 2.36. The van der Waals surface area contributed by atoms with E-state index >= 15 is 0 Å². The van der Waals surface area contributed by atoms with Crippen LogP contribution in [0.15, 0.2) is 39.2 Å². The fourth-order valence-corrected chi connectivity index (χ4v) is 2.04. The summed E-state index contributed by atoms with van der Waals surface area (Å²) in [5.74, 6) is -1.04. The summed E-state index contributed by atoms with van der Waals surface area (Å²) in [5, 5.41) is 0.309. The lowest BCUT2D eigenvalue weighted by atomic mass is 10.1. The van der Waals surface area contributed by atoms with Gasteiger partial charge in [0.05, 0.1) is 12.1 Å². The third-order valence-corrected chi connectivity index (χ3v) is 3.21. The van der Waals surface area contributed by atoms with Crippen molar-refractivity contribution < 1.29 is 18.7 Å². The Morgan fingerprint density at radius 3 is 2.58 bits per heavy atom. The van der Waals surface area contributed by atoms with Crippen LogP contribution in [0.1, 0.15) is 26.7 Å². The molecule has 0 unspecified atom stereocenters. The molecule has 0 fully saturated rings. The number of hydrogen-bond donors (Lipinski definition) is 0. The Kier molecular flexibility index (Phi) is 4.07. The van der Waals surface area contributed by atoms with Gasteiger partial charge in [0.25, 0.3) is 0 Å². The lowest BCUT2D eigenvalue weighted by Crippen LogP contribution is -2.02. The maximum absolute atomic E-state index is 12.2. The molecule has 0 saturated heterocycles. The fraction of sp³-hybridized carbons (Fsp3) is 0.0769. The average molecular weight is 344 g/mol. The zero-order valence-electron chi connectivity index (χ0n) is 9.78. The van der Waals surface area contributed by atoms with E-state index in [1.54, 1.807) is 18.2 Å². The van der Waals surface area contributed by atoms with Gasteiger partial charge in [-0.3, -0.25) is 4.79 Å². The van der Waals surface area contributed by atoms with E-state index in [1.807, 2.05) is 0 Å². The van der Waals surface area contributed by atoms with Crippen LogP contribution >= 0.6 is 27.5 Å². The van der Waals surface area contributed by atoms with E-state index < -0.39 is 11.8 Å². The molecule has 0 aliphatic heterocycles. The quantitative estimate of drug-likeness (QED) is 0.629. The first-order valence-electron chi connectivity index (χ1n) is 5.21. The summed E-state index contributed by atoms with van der Waals surface area (Å²) in [4.78, 5) is 23.4. The summed E-state index contributed by atoms with van der Waals surface area (Å²) in [6.07, 6.45) is 0. The summed E-state index contributed by atoms with van der Waals surface area (Å²) < 4.78 is 10.4. The minimum atomic E-state index is -0.639. The van der Waals surface area contributed by atoms with E-state index in [4.69, 9.17) is 16.0 Å². The molecule has 19 heavy (non-hydrogen) atoms. The van der Waals surface area contributed by atoms with Crippen LogP contribution in [0.4, 0.5) is 0 Å². The summed E-state index contributed by atoms with van der Waals surface area (Å²) in [7, 11) is 1.23. The Morgan fingerprint density at radius 2 is 1.89 bits per heavy atom. The van der Waals surface area contributed by atoms with Gasteiger partial charge >= 0.3 is 5.97 Å². The third-order valence-electron chi connectivity index (χ3n) is 2.39. The number of halogens is 2. The van der Waals surface area contributed by atoms with E-state index in [1.165, 1.54) is 19.2 Å². The van der Waals surface area contributed by atoms with Crippen molar-refractivity contribution in [1.82, 2.24) is 0 Å². The number of furan rings is 1. The van der Waals surface area contributed by atoms with Crippen LogP contribution in [-0.2, 0) is 4.74 Å². The monoisotopic (exact) mass is 342 g/mol. The normalized spacial score (nSPS) is 10.3. The van der Waals surface area contributed by atoms with E-state index in [-0.39, 0.29) is 11.5 Å². The maximum Gasteiger partial charge on any atom is 0.373 e. The molecule has 0 amide bonds. The van der Waals surface area contributed by atoms with E-state index in [9.17, 15) is 9.59 Å². The molecule has 2 aromatic rings. The highest BCUT2D eigenvalue weighted by molar-refractivity contribution is 9.10. The van der Waals surface area contributed by atoms with Crippen molar-refractivity contribution in [3.63, 3.8) is 0 Å². The number of methoxy groups -OCH3 is 1. The van der Waals surface area contributed by atoms with Crippen molar-refractivity contribution in [2.75, 3.05) is 7.11 Å². The van der Waals surface area contributed by atoms with Crippen LogP contribution in [0.2, 0.25) is 5.02 Å². The van der Waals surface area contributed by atoms with Gasteiger partial charge < -0.3 is 9.15 Å². The van der Waals surface area contributed by atoms with Crippen molar-refractivity contribution in [3.05, 3.63) is 56.9 Å². The molecule has 0 spiro atoms. The molecule has 0 aliphatic carbocycles. The van der Waals surface area contributed by atoms with Gasteiger partial charge in [-0.15, -0.1) is 0 Å². The second-order valence-corrected chi connectivity index (χ2v) is 4.93. The second kappa shape index (κ2) is 5.59. The largest absolute Gasteiger partial charge is 0.463 e. The molecule has 98 valence electrons. The Labute approximate surface area is 122 Å². The van der Waals surface area contributed by atoms with Crippen LogP contribution in [0.25, 0.3) is 0 Å². The highest BCUT2D eigenvalue weighted by Crippen LogP contribution is 2.24. The van der Waals surface area contributed by atoms with Crippen molar-refractivity contribution in [3.8, 4) is 0 Å². The molecule has 1 aromatic heterocycles. The average Bonchev–Trinajstić information content (AvgIpc) is 2.89. The zero-order valence-corrected chi connectivity index (χ0v) is 12.1. The highest BCUT2D eigenvalue weighted by atomic mass is 79.9. The molecule has 6 heteroatoms. The standard InChI is InChI=1S/C13H8BrClO4/c1-18-13(17)11-5-4-10(19-11)12(16)8-6-7(14)2-3-9(8)15/h2-6H,1H3. The number of esters is 1. The minimum Gasteiger partial charge on any atom is -0.463 e. The Bertz CT molecular complexity index is 648. The predicted octanol–water partition coefficient (Wildman–Crippen LogP) is 3.71. The van der Waals surface area contributed by atoms with Gasteiger partial charge in [-0.25, -0.2) is 4.79 Å². The fourth-order valence-electron chi connectivity index (χ4n) is 1.47. The summed E-state index contributed by atoms with van der Waals surface area (Å²) in [6, 6.07) is 7.70. The number of rotatable bonds is 3. The number of ether oxygens (including phenoxy) is 1. The lowest BCUT2D eigenvalue weighted by Gasteiger charge is -2.02. The molecule has 0 atom stereocenters. The SMILES string of the molecule is COC(=O)c1ccc(C(=O)c2cc(Br)ccc2Cl)o1. The molecule has 4 nitrogen and oxygen atoms in total. The van der Waals surface area contributed by atoms with E-state index in [2.05, 4.69) is 20.7 Å².